The molecule has 0 radical (unpaired) electrons. The molecule has 0 saturated carbocycles. The number of nitrogens with zero attached hydrogens (tertiary/aromatic N) is 2. The van der Waals surface area contributed by atoms with E-state index in [1.807, 2.05) is 6.92 Å². The zero-order valence-corrected chi connectivity index (χ0v) is 11.3. The van der Waals surface area contributed by atoms with Gasteiger partial charge in [0.05, 0.1) is 10.5 Å². The second-order valence-electron chi connectivity index (χ2n) is 4.05. The number of hydrogen-bond donors (Lipinski definition) is 1. The minimum atomic E-state index is -0.155. The van der Waals surface area contributed by atoms with E-state index in [0.717, 1.165) is 12.8 Å². The molecule has 0 fully saturated rings. The number of hydrogen-bond acceptors (Lipinski definition) is 3. The van der Waals surface area contributed by atoms with Crippen LogP contribution in [0.25, 0.3) is 10.9 Å². The van der Waals surface area contributed by atoms with Gasteiger partial charge in [0.15, 0.2) is 5.69 Å². The lowest BCUT2D eigenvalue weighted by molar-refractivity contribution is 0.418. The van der Waals surface area contributed by atoms with Gasteiger partial charge in [-0.1, -0.05) is 36.5 Å². The number of unbranched alkanes of at least 4 members (excludes halogenated alkanes) is 1. The molecule has 0 unspecified atom stereocenters. The van der Waals surface area contributed by atoms with Crippen molar-refractivity contribution in [2.24, 2.45) is 5.18 Å². The fourth-order valence-corrected chi connectivity index (χ4v) is 2.59. The van der Waals surface area contributed by atoms with Crippen molar-refractivity contribution in [3.05, 3.63) is 27.1 Å². The number of halogens is 2. The third kappa shape index (κ3) is 2.06. The zero-order valence-electron chi connectivity index (χ0n) is 9.78. The van der Waals surface area contributed by atoms with Gasteiger partial charge in [0.25, 0.3) is 0 Å². The highest BCUT2D eigenvalue weighted by Crippen LogP contribution is 2.42. The monoisotopic (exact) mass is 286 g/mol. The van der Waals surface area contributed by atoms with E-state index in [1.165, 1.54) is 0 Å². The molecular weight excluding hydrogens is 275 g/mol. The Morgan fingerprint density at radius 3 is 2.72 bits per heavy atom. The molecule has 2 aromatic rings. The summed E-state index contributed by atoms with van der Waals surface area (Å²) < 4.78 is 1.61. The predicted octanol–water partition coefficient (Wildman–Crippen LogP) is 4.85. The fraction of sp³-hybridized carbons (Fsp3) is 0.333. The Morgan fingerprint density at radius 1 is 1.39 bits per heavy atom. The van der Waals surface area contributed by atoms with Gasteiger partial charge in [-0.3, -0.25) is 0 Å². The van der Waals surface area contributed by atoms with Gasteiger partial charge < -0.3 is 9.67 Å². The fourth-order valence-electron chi connectivity index (χ4n) is 2.00. The van der Waals surface area contributed by atoms with E-state index >= 15 is 0 Å². The van der Waals surface area contributed by atoms with E-state index in [-0.39, 0.29) is 11.6 Å². The first-order chi connectivity index (χ1) is 8.60. The second kappa shape index (κ2) is 5.16. The first-order valence-electron chi connectivity index (χ1n) is 5.63. The van der Waals surface area contributed by atoms with Gasteiger partial charge in [-0.05, 0) is 23.7 Å². The summed E-state index contributed by atoms with van der Waals surface area (Å²) in [5.41, 5.74) is 0.590. The maximum atomic E-state index is 10.8. The summed E-state index contributed by atoms with van der Waals surface area (Å²) in [6, 6.07) is 3.17. The van der Waals surface area contributed by atoms with E-state index in [9.17, 15) is 10.0 Å². The Balaban J connectivity index is 2.76. The number of nitroso groups, excluding NO2 is 1. The molecule has 2 rings (SSSR count). The molecule has 4 nitrogen and oxygen atoms in total. The second-order valence-corrected chi connectivity index (χ2v) is 4.90. The molecule has 6 heteroatoms. The lowest BCUT2D eigenvalue weighted by Gasteiger charge is -2.06. The number of fused-ring (bicyclic) bond motifs is 1. The molecule has 96 valence electrons. The molecule has 0 atom stereocenters. The maximum absolute atomic E-state index is 10.8. The molecule has 0 amide bonds. The molecule has 0 bridgehead atoms. The molecule has 0 saturated heterocycles. The van der Waals surface area contributed by atoms with Gasteiger partial charge in [0.2, 0.25) is 5.88 Å². The standard InChI is InChI=1S/C12H12Cl2N2O2/c1-2-3-4-16-11-8(10(15-18)12(16)17)5-7(13)6-9(11)14/h5-6,17H,2-4H2,1H3. The van der Waals surface area contributed by atoms with E-state index in [1.54, 1.807) is 16.7 Å². The molecular formula is C12H12Cl2N2O2. The van der Waals surface area contributed by atoms with Gasteiger partial charge in [-0.2, -0.15) is 0 Å². The van der Waals surface area contributed by atoms with Gasteiger partial charge in [-0.15, -0.1) is 4.91 Å². The van der Waals surface area contributed by atoms with Crippen molar-refractivity contribution in [1.29, 1.82) is 0 Å². The quantitative estimate of drug-likeness (QED) is 0.817. The molecule has 1 heterocycles. The van der Waals surface area contributed by atoms with Crippen LogP contribution in [0.1, 0.15) is 19.8 Å². The van der Waals surface area contributed by atoms with E-state index in [4.69, 9.17) is 23.2 Å². The van der Waals surface area contributed by atoms with Crippen LogP contribution in [0.2, 0.25) is 10.0 Å². The third-order valence-corrected chi connectivity index (χ3v) is 3.35. The molecule has 1 N–H and O–H groups in total. The lowest BCUT2D eigenvalue weighted by Crippen LogP contribution is -1.96. The Bertz CT molecular complexity index is 608. The summed E-state index contributed by atoms with van der Waals surface area (Å²) in [7, 11) is 0. The minimum absolute atomic E-state index is 0.00879. The van der Waals surface area contributed by atoms with E-state index in [2.05, 4.69) is 5.18 Å². The summed E-state index contributed by atoms with van der Waals surface area (Å²) in [6.07, 6.45) is 1.84. The Labute approximate surface area is 114 Å². The Kier molecular flexibility index (Phi) is 3.78. The normalized spacial score (nSPS) is 11.1. The van der Waals surface area contributed by atoms with Gasteiger partial charge >= 0.3 is 0 Å². The Hall–Kier alpha value is -1.26. The lowest BCUT2D eigenvalue weighted by atomic mass is 10.2. The minimum Gasteiger partial charge on any atom is -0.493 e. The molecule has 0 aliphatic carbocycles. The van der Waals surface area contributed by atoms with Crippen molar-refractivity contribution < 1.29 is 5.11 Å². The number of rotatable bonds is 4. The van der Waals surface area contributed by atoms with Crippen LogP contribution < -0.4 is 0 Å². The van der Waals surface area contributed by atoms with Crippen molar-refractivity contribution in [3.8, 4) is 5.88 Å². The summed E-state index contributed by atoms with van der Waals surface area (Å²) in [5.74, 6) is -0.155. The number of aromatic hydroxyl groups is 1. The van der Waals surface area contributed by atoms with Crippen molar-refractivity contribution in [1.82, 2.24) is 4.57 Å². The average Bonchev–Trinajstić information content (AvgIpc) is 2.58. The van der Waals surface area contributed by atoms with Crippen LogP contribution in [0, 0.1) is 4.91 Å². The molecule has 0 spiro atoms. The first-order valence-corrected chi connectivity index (χ1v) is 6.39. The number of aromatic nitrogens is 1. The summed E-state index contributed by atoms with van der Waals surface area (Å²) >= 11 is 12.0. The van der Waals surface area contributed by atoms with Crippen LogP contribution in [-0.2, 0) is 6.54 Å². The van der Waals surface area contributed by atoms with Crippen molar-refractivity contribution >= 4 is 39.8 Å². The highest BCUT2D eigenvalue weighted by molar-refractivity contribution is 6.39. The molecule has 0 aliphatic rings. The molecule has 18 heavy (non-hydrogen) atoms. The van der Waals surface area contributed by atoms with E-state index in [0.29, 0.717) is 27.5 Å². The summed E-state index contributed by atoms with van der Waals surface area (Å²) in [4.78, 5) is 10.8. The largest absolute Gasteiger partial charge is 0.493 e. The van der Waals surface area contributed by atoms with Crippen LogP contribution in [0.3, 0.4) is 0 Å². The van der Waals surface area contributed by atoms with Crippen LogP contribution in [0.4, 0.5) is 5.69 Å². The zero-order chi connectivity index (χ0) is 13.3. The van der Waals surface area contributed by atoms with E-state index < -0.39 is 0 Å². The number of aryl methyl sites for hydroxylation is 1. The molecule has 0 aliphatic heterocycles. The maximum Gasteiger partial charge on any atom is 0.222 e. The first kappa shape index (κ1) is 13.2. The predicted molar refractivity (Wildman–Crippen MR) is 74.0 cm³/mol. The molecule has 1 aromatic carbocycles. The van der Waals surface area contributed by atoms with Gasteiger partial charge in [0.1, 0.15) is 0 Å². The Morgan fingerprint density at radius 2 is 2.11 bits per heavy atom. The van der Waals surface area contributed by atoms with Crippen molar-refractivity contribution in [2.75, 3.05) is 0 Å². The van der Waals surface area contributed by atoms with Crippen LogP contribution >= 0.6 is 23.2 Å². The highest BCUT2D eigenvalue weighted by Gasteiger charge is 2.20. The van der Waals surface area contributed by atoms with Crippen LogP contribution in [0.15, 0.2) is 17.3 Å². The SMILES string of the molecule is CCCCn1c(O)c(N=O)c2cc(Cl)cc(Cl)c21. The van der Waals surface area contributed by atoms with Crippen molar-refractivity contribution in [3.63, 3.8) is 0 Å². The van der Waals surface area contributed by atoms with Crippen molar-refractivity contribution in [2.45, 2.75) is 26.3 Å². The smallest absolute Gasteiger partial charge is 0.222 e. The number of benzene rings is 1. The average molecular weight is 287 g/mol. The van der Waals surface area contributed by atoms with Gasteiger partial charge in [-0.25, -0.2) is 0 Å². The summed E-state index contributed by atoms with van der Waals surface area (Å²) in [5, 5.41) is 14.2. The topological polar surface area (TPSA) is 54.6 Å². The summed E-state index contributed by atoms with van der Waals surface area (Å²) in [6.45, 7) is 2.62. The highest BCUT2D eigenvalue weighted by atomic mass is 35.5. The molecule has 1 aromatic heterocycles. The third-order valence-electron chi connectivity index (χ3n) is 2.85. The van der Waals surface area contributed by atoms with Crippen LogP contribution in [-0.4, -0.2) is 9.67 Å². The van der Waals surface area contributed by atoms with Gasteiger partial charge in [0, 0.05) is 17.0 Å². The van der Waals surface area contributed by atoms with Crippen LogP contribution in [0.5, 0.6) is 5.88 Å².